The molecule has 3 rings (SSSR count). The second-order valence-electron chi connectivity index (χ2n) is 5.33. The summed E-state index contributed by atoms with van der Waals surface area (Å²) in [6, 6.07) is 18.9. The van der Waals surface area contributed by atoms with Crippen molar-refractivity contribution in [3.63, 3.8) is 0 Å². The molecule has 120 valence electrons. The molecular formula is C19H16BrN3O. The second kappa shape index (κ2) is 7.27. The highest BCUT2D eigenvalue weighted by atomic mass is 79.9. The van der Waals surface area contributed by atoms with Crippen molar-refractivity contribution < 1.29 is 4.79 Å². The van der Waals surface area contributed by atoms with Gasteiger partial charge in [-0.3, -0.25) is 9.78 Å². The Morgan fingerprint density at radius 2 is 1.79 bits per heavy atom. The van der Waals surface area contributed by atoms with E-state index in [1.54, 1.807) is 12.3 Å². The van der Waals surface area contributed by atoms with Crippen LogP contribution in [0.3, 0.4) is 0 Å². The zero-order valence-electron chi connectivity index (χ0n) is 13.1. The van der Waals surface area contributed by atoms with Crippen molar-refractivity contribution in [2.24, 2.45) is 0 Å². The minimum absolute atomic E-state index is 0.239. The van der Waals surface area contributed by atoms with Gasteiger partial charge in [-0.25, -0.2) is 0 Å². The molecule has 24 heavy (non-hydrogen) atoms. The summed E-state index contributed by atoms with van der Waals surface area (Å²) in [7, 11) is 0. The molecule has 0 spiro atoms. The van der Waals surface area contributed by atoms with E-state index in [2.05, 4.69) is 31.5 Å². The summed E-state index contributed by atoms with van der Waals surface area (Å²) in [4.78, 5) is 16.5. The van der Waals surface area contributed by atoms with Crippen molar-refractivity contribution in [2.45, 2.75) is 6.92 Å². The largest absolute Gasteiger partial charge is 0.355 e. The monoisotopic (exact) mass is 381 g/mol. The fourth-order valence-electron chi connectivity index (χ4n) is 2.27. The molecule has 2 N–H and O–H groups in total. The molecule has 2 aromatic carbocycles. The molecule has 0 aliphatic carbocycles. The Morgan fingerprint density at radius 3 is 2.54 bits per heavy atom. The van der Waals surface area contributed by atoms with Gasteiger partial charge in [0.25, 0.3) is 5.91 Å². The summed E-state index contributed by atoms with van der Waals surface area (Å²) in [5.74, 6) is -0.239. The lowest BCUT2D eigenvalue weighted by Gasteiger charge is -2.11. The first-order valence-corrected chi connectivity index (χ1v) is 8.27. The topological polar surface area (TPSA) is 54.0 Å². The third-order valence-corrected chi connectivity index (χ3v) is 3.98. The summed E-state index contributed by atoms with van der Waals surface area (Å²) in [5.41, 5.74) is 4.01. The molecule has 4 nitrogen and oxygen atoms in total. The van der Waals surface area contributed by atoms with Gasteiger partial charge in [-0.05, 0) is 55.0 Å². The lowest BCUT2D eigenvalue weighted by Crippen LogP contribution is -2.13. The molecule has 0 aliphatic rings. The summed E-state index contributed by atoms with van der Waals surface area (Å²) in [5, 5.41) is 6.15. The minimum Gasteiger partial charge on any atom is -0.355 e. The molecule has 0 saturated carbocycles. The van der Waals surface area contributed by atoms with Crippen LogP contribution >= 0.6 is 15.9 Å². The van der Waals surface area contributed by atoms with Gasteiger partial charge in [0.05, 0.1) is 0 Å². The normalized spacial score (nSPS) is 10.2. The van der Waals surface area contributed by atoms with Gasteiger partial charge in [0.1, 0.15) is 5.69 Å². The summed E-state index contributed by atoms with van der Waals surface area (Å²) >= 11 is 3.45. The maximum absolute atomic E-state index is 12.3. The van der Waals surface area contributed by atoms with Gasteiger partial charge in [-0.15, -0.1) is 0 Å². The number of pyridine rings is 1. The molecule has 0 fully saturated rings. The predicted octanol–water partition coefficient (Wildman–Crippen LogP) is 5.15. The fourth-order valence-corrected chi connectivity index (χ4v) is 2.75. The first-order valence-electron chi connectivity index (χ1n) is 7.47. The van der Waals surface area contributed by atoms with Crippen molar-refractivity contribution in [3.8, 4) is 0 Å². The number of hydrogen-bond acceptors (Lipinski definition) is 3. The number of amides is 1. The van der Waals surface area contributed by atoms with Gasteiger partial charge >= 0.3 is 0 Å². The van der Waals surface area contributed by atoms with Gasteiger partial charge in [-0.1, -0.05) is 34.1 Å². The highest BCUT2D eigenvalue weighted by Crippen LogP contribution is 2.24. The van der Waals surface area contributed by atoms with E-state index in [1.165, 1.54) is 0 Å². The number of para-hydroxylation sites is 1. The summed E-state index contributed by atoms with van der Waals surface area (Å²) in [6.07, 6.45) is 1.62. The van der Waals surface area contributed by atoms with Crippen molar-refractivity contribution in [2.75, 3.05) is 10.6 Å². The van der Waals surface area contributed by atoms with E-state index in [4.69, 9.17) is 0 Å². The molecule has 1 heterocycles. The molecule has 0 radical (unpaired) electrons. The van der Waals surface area contributed by atoms with E-state index in [0.29, 0.717) is 5.69 Å². The van der Waals surface area contributed by atoms with Crippen molar-refractivity contribution in [1.29, 1.82) is 0 Å². The van der Waals surface area contributed by atoms with Gasteiger partial charge in [0, 0.05) is 27.7 Å². The zero-order valence-corrected chi connectivity index (χ0v) is 14.7. The van der Waals surface area contributed by atoms with Crippen molar-refractivity contribution in [1.82, 2.24) is 4.98 Å². The number of rotatable bonds is 4. The van der Waals surface area contributed by atoms with Crippen LogP contribution in [0, 0.1) is 6.92 Å². The molecule has 0 bridgehead atoms. The molecule has 5 heteroatoms. The van der Waals surface area contributed by atoms with Crippen LogP contribution < -0.4 is 10.6 Å². The maximum atomic E-state index is 12.3. The van der Waals surface area contributed by atoms with Gasteiger partial charge < -0.3 is 10.6 Å². The third kappa shape index (κ3) is 4.00. The zero-order chi connectivity index (χ0) is 16.9. The van der Waals surface area contributed by atoms with Crippen LogP contribution in [-0.2, 0) is 0 Å². The number of benzene rings is 2. The molecule has 0 unspecified atom stereocenters. The van der Waals surface area contributed by atoms with E-state index in [1.807, 2.05) is 61.5 Å². The Bertz CT molecular complexity index is 865. The quantitative estimate of drug-likeness (QED) is 0.656. The lowest BCUT2D eigenvalue weighted by molar-refractivity contribution is 0.102. The molecule has 0 aliphatic heterocycles. The van der Waals surface area contributed by atoms with Crippen LogP contribution in [0.15, 0.2) is 71.3 Å². The molecule has 1 aromatic heterocycles. The Hall–Kier alpha value is -2.66. The molecular weight excluding hydrogens is 366 g/mol. The predicted molar refractivity (Wildman–Crippen MR) is 101 cm³/mol. The number of carbonyl (C=O) groups is 1. The maximum Gasteiger partial charge on any atom is 0.274 e. The van der Waals surface area contributed by atoms with Crippen molar-refractivity contribution >= 4 is 38.9 Å². The van der Waals surface area contributed by atoms with E-state index < -0.39 is 0 Å². The first kappa shape index (κ1) is 16.2. The van der Waals surface area contributed by atoms with Gasteiger partial charge in [0.2, 0.25) is 0 Å². The standard InChI is InChI=1S/C19H16BrN3O/c1-13-11-14(20)7-8-17(13)22-16-9-10-21-18(12-16)19(24)23-15-5-3-2-4-6-15/h2-12H,1H3,(H,21,22)(H,23,24). The second-order valence-corrected chi connectivity index (χ2v) is 6.25. The van der Waals surface area contributed by atoms with Gasteiger partial charge in [-0.2, -0.15) is 0 Å². The number of aryl methyl sites for hydroxylation is 1. The van der Waals surface area contributed by atoms with E-state index >= 15 is 0 Å². The smallest absolute Gasteiger partial charge is 0.274 e. The highest BCUT2D eigenvalue weighted by Gasteiger charge is 2.09. The van der Waals surface area contributed by atoms with E-state index in [-0.39, 0.29) is 5.91 Å². The lowest BCUT2D eigenvalue weighted by atomic mass is 10.2. The SMILES string of the molecule is Cc1cc(Br)ccc1Nc1ccnc(C(=O)Nc2ccccc2)c1. The number of nitrogens with zero attached hydrogens (tertiary/aromatic N) is 1. The van der Waals surface area contributed by atoms with Crippen LogP contribution in [0.5, 0.6) is 0 Å². The molecule has 1 amide bonds. The first-order chi connectivity index (χ1) is 11.6. The molecule has 0 saturated heterocycles. The number of anilines is 3. The fraction of sp³-hybridized carbons (Fsp3) is 0.0526. The number of hydrogen-bond donors (Lipinski definition) is 2. The number of nitrogens with one attached hydrogen (secondary N) is 2. The third-order valence-electron chi connectivity index (χ3n) is 3.49. The number of halogens is 1. The van der Waals surface area contributed by atoms with E-state index in [0.717, 1.165) is 27.1 Å². The Morgan fingerprint density at radius 1 is 1.00 bits per heavy atom. The Labute approximate surface area is 149 Å². The van der Waals surface area contributed by atoms with Crippen LogP contribution in [-0.4, -0.2) is 10.9 Å². The van der Waals surface area contributed by atoms with Gasteiger partial charge in [0.15, 0.2) is 0 Å². The average Bonchev–Trinajstić information content (AvgIpc) is 2.59. The minimum atomic E-state index is -0.239. The highest BCUT2D eigenvalue weighted by molar-refractivity contribution is 9.10. The van der Waals surface area contributed by atoms with Crippen LogP contribution in [0.2, 0.25) is 0 Å². The van der Waals surface area contributed by atoms with Crippen LogP contribution in [0.25, 0.3) is 0 Å². The van der Waals surface area contributed by atoms with Crippen LogP contribution in [0.4, 0.5) is 17.1 Å². The number of aromatic nitrogens is 1. The average molecular weight is 382 g/mol. The van der Waals surface area contributed by atoms with Crippen molar-refractivity contribution in [3.05, 3.63) is 82.6 Å². The molecule has 0 atom stereocenters. The number of carbonyl (C=O) groups excluding carboxylic acids is 1. The Balaban J connectivity index is 1.77. The van der Waals surface area contributed by atoms with Crippen LogP contribution in [0.1, 0.15) is 16.1 Å². The Kier molecular flexibility index (Phi) is 4.91. The summed E-state index contributed by atoms with van der Waals surface area (Å²) < 4.78 is 1.03. The summed E-state index contributed by atoms with van der Waals surface area (Å²) in [6.45, 7) is 2.03. The van der Waals surface area contributed by atoms with E-state index in [9.17, 15) is 4.79 Å². The molecule has 3 aromatic rings.